The second-order valence-electron chi connectivity index (χ2n) is 15.2. The fourth-order valence-corrected chi connectivity index (χ4v) is 6.01. The minimum atomic E-state index is -1.12. The molecule has 2 atom stereocenters. The van der Waals surface area contributed by atoms with E-state index in [4.69, 9.17) is 34.2 Å². The van der Waals surface area contributed by atoms with Gasteiger partial charge in [-0.2, -0.15) is 0 Å². The van der Waals surface area contributed by atoms with Crippen molar-refractivity contribution < 1.29 is 71.7 Å². The normalized spacial score (nSPS) is 12.8. The molecule has 1 aliphatic rings. The van der Waals surface area contributed by atoms with Crippen molar-refractivity contribution in [1.29, 1.82) is 0 Å². The van der Waals surface area contributed by atoms with Crippen molar-refractivity contribution in [2.75, 3.05) is 58.0 Å². The number of hydrogen-bond donors (Lipinski definition) is 5. The standard InChI is InChI=1S/C43H54N10O16/c1-28(2)38(48-42(60)67-25-23-64-20-18-51-26-31(49-50-51)9-16-37(56)66-24-22-65-21-19-52-35(54)14-15-36(52)55)40(58)47-34(4-3-17-45-41(44)59)39(57)46-30-7-5-29(6-8-30)27-68-43(61)69-33-12-10-32(11-13-33)53(62)63/h5-8,10-15,26,28,34,38H,3-4,9,16-25,27H2,1-2H3,(H,46,57)(H,47,58)(H,48,60)(H3,44,45,59)/t34-,38-/m0/s1. The van der Waals surface area contributed by atoms with Gasteiger partial charge < -0.3 is 55.4 Å². The van der Waals surface area contributed by atoms with E-state index in [1.807, 2.05) is 0 Å². The minimum Gasteiger partial charge on any atom is -0.463 e. The maximum absolute atomic E-state index is 13.5. The molecule has 0 spiro atoms. The molecule has 2 heterocycles. The number of nitro benzene ring substituents is 1. The summed E-state index contributed by atoms with van der Waals surface area (Å²) < 4.78 is 32.8. The van der Waals surface area contributed by atoms with Gasteiger partial charge in [-0.15, -0.1) is 5.10 Å². The summed E-state index contributed by atoms with van der Waals surface area (Å²) in [6.45, 7) is 3.97. The Bertz CT molecular complexity index is 2250. The number of primary amides is 1. The summed E-state index contributed by atoms with van der Waals surface area (Å²) in [5.41, 5.74) is 6.40. The molecule has 2 aromatic carbocycles. The van der Waals surface area contributed by atoms with Crippen molar-refractivity contribution in [3.8, 4) is 5.75 Å². The van der Waals surface area contributed by atoms with Gasteiger partial charge in [0.05, 0.1) is 56.6 Å². The molecule has 1 aromatic heterocycles. The number of rotatable bonds is 29. The fourth-order valence-electron chi connectivity index (χ4n) is 6.01. The van der Waals surface area contributed by atoms with E-state index in [-0.39, 0.29) is 96.5 Å². The molecule has 7 amide bonds. The SMILES string of the molecule is CC(C)[C@H](NC(=O)OCCOCCn1cc(CCC(=O)OCCOCCN2C(=O)C=CC2=O)nn1)C(=O)N[C@@H](CCCNC(N)=O)C(=O)Nc1ccc(COC(=O)Oc2ccc([N+](=O)[O-])cc2)cc1. The highest BCUT2D eigenvalue weighted by Crippen LogP contribution is 2.19. The van der Waals surface area contributed by atoms with Gasteiger partial charge in [0.2, 0.25) is 11.8 Å². The van der Waals surface area contributed by atoms with E-state index in [2.05, 4.69) is 31.6 Å². The van der Waals surface area contributed by atoms with Gasteiger partial charge in [0.25, 0.3) is 17.5 Å². The lowest BCUT2D eigenvalue weighted by Crippen LogP contribution is -2.54. The third-order valence-corrected chi connectivity index (χ3v) is 9.60. The smallest absolute Gasteiger partial charge is 0.463 e. The Hall–Kier alpha value is -8.00. The molecule has 0 radical (unpaired) electrons. The summed E-state index contributed by atoms with van der Waals surface area (Å²) in [5.74, 6) is -2.94. The van der Waals surface area contributed by atoms with E-state index in [0.29, 0.717) is 23.5 Å². The number of aromatic nitrogens is 3. The van der Waals surface area contributed by atoms with E-state index in [1.54, 1.807) is 32.2 Å². The molecule has 0 unspecified atom stereocenters. The molecule has 6 N–H and O–H groups in total. The Balaban J connectivity index is 1.13. The van der Waals surface area contributed by atoms with Crippen LogP contribution in [0.25, 0.3) is 0 Å². The Kier molecular flexibility index (Phi) is 21.9. The number of esters is 1. The van der Waals surface area contributed by atoms with E-state index in [9.17, 15) is 48.5 Å². The number of alkyl carbamates (subject to hydrolysis) is 1. The summed E-state index contributed by atoms with van der Waals surface area (Å²) in [4.78, 5) is 109. The summed E-state index contributed by atoms with van der Waals surface area (Å²) >= 11 is 0. The molecule has 1 aliphatic heterocycles. The maximum Gasteiger partial charge on any atom is 0.514 e. The number of hydrogen-bond acceptors (Lipinski definition) is 18. The lowest BCUT2D eigenvalue weighted by atomic mass is 10.0. The number of nitrogens with two attached hydrogens (primary N) is 1. The predicted molar refractivity (Wildman–Crippen MR) is 238 cm³/mol. The van der Waals surface area contributed by atoms with Crippen molar-refractivity contribution in [3.63, 3.8) is 0 Å². The van der Waals surface area contributed by atoms with Crippen molar-refractivity contribution in [1.82, 2.24) is 35.8 Å². The van der Waals surface area contributed by atoms with E-state index in [1.165, 1.54) is 53.2 Å². The van der Waals surface area contributed by atoms with E-state index >= 15 is 0 Å². The first-order chi connectivity index (χ1) is 33.1. The van der Waals surface area contributed by atoms with Gasteiger partial charge >= 0.3 is 24.2 Å². The average molecular weight is 967 g/mol. The maximum atomic E-state index is 13.5. The number of carbonyl (C=O) groups excluding carboxylic acids is 8. The van der Waals surface area contributed by atoms with Gasteiger partial charge in [0.1, 0.15) is 37.7 Å². The van der Waals surface area contributed by atoms with E-state index in [0.717, 1.165) is 4.90 Å². The van der Waals surface area contributed by atoms with Crippen molar-refractivity contribution in [2.45, 2.75) is 64.8 Å². The zero-order chi connectivity index (χ0) is 50.1. The Labute approximate surface area is 394 Å². The molecule has 0 aliphatic carbocycles. The van der Waals surface area contributed by atoms with Crippen LogP contribution in [0.3, 0.4) is 0 Å². The molecular formula is C43H54N10O16. The van der Waals surface area contributed by atoms with Crippen LogP contribution >= 0.6 is 0 Å². The lowest BCUT2D eigenvalue weighted by Gasteiger charge is -2.25. The number of non-ortho nitro benzene ring substituents is 1. The van der Waals surface area contributed by atoms with Crippen LogP contribution in [0.1, 0.15) is 44.4 Å². The van der Waals surface area contributed by atoms with Gasteiger partial charge in [-0.3, -0.25) is 39.0 Å². The molecule has 0 fully saturated rings. The first-order valence-corrected chi connectivity index (χ1v) is 21.6. The average Bonchev–Trinajstić information content (AvgIpc) is 3.91. The zero-order valence-corrected chi connectivity index (χ0v) is 37.8. The molecule has 0 saturated heterocycles. The molecule has 0 bridgehead atoms. The second kappa shape index (κ2) is 28.2. The van der Waals surface area contributed by atoms with Crippen LogP contribution < -0.4 is 31.7 Å². The summed E-state index contributed by atoms with van der Waals surface area (Å²) in [6, 6.07) is 8.07. The second-order valence-corrected chi connectivity index (χ2v) is 15.2. The van der Waals surface area contributed by atoms with Crippen LogP contribution in [0.5, 0.6) is 5.75 Å². The quantitative estimate of drug-likeness (QED) is 0.0126. The van der Waals surface area contributed by atoms with Gasteiger partial charge in [-0.05, 0) is 48.6 Å². The van der Waals surface area contributed by atoms with Crippen LogP contribution in [0.2, 0.25) is 0 Å². The largest absolute Gasteiger partial charge is 0.514 e. The highest BCUT2D eigenvalue weighted by molar-refractivity contribution is 6.12. The number of nitrogens with one attached hydrogen (secondary N) is 4. The van der Waals surface area contributed by atoms with Crippen LogP contribution in [0.15, 0.2) is 66.9 Å². The fraction of sp³-hybridized carbons (Fsp3) is 0.442. The minimum absolute atomic E-state index is 0.00424. The number of nitrogens with zero attached hydrogens (tertiary/aromatic N) is 5. The van der Waals surface area contributed by atoms with Crippen LogP contribution in [0.4, 0.5) is 25.8 Å². The molecule has 69 heavy (non-hydrogen) atoms. The number of amides is 7. The Morgan fingerprint density at radius 2 is 1.48 bits per heavy atom. The Morgan fingerprint density at radius 1 is 0.812 bits per heavy atom. The summed E-state index contributed by atoms with van der Waals surface area (Å²) in [7, 11) is 0. The highest BCUT2D eigenvalue weighted by atomic mass is 16.7. The van der Waals surface area contributed by atoms with Gasteiger partial charge in [0, 0.05) is 49.1 Å². The molecule has 3 aromatic rings. The molecule has 26 nitrogen and oxygen atoms in total. The number of imide groups is 1. The number of carbonyl (C=O) groups is 8. The molecule has 372 valence electrons. The number of urea groups is 1. The molecule has 4 rings (SSSR count). The van der Waals surface area contributed by atoms with Crippen molar-refractivity contribution >= 4 is 59.3 Å². The highest BCUT2D eigenvalue weighted by Gasteiger charge is 2.29. The van der Waals surface area contributed by atoms with Gasteiger partial charge in [0.15, 0.2) is 0 Å². The van der Waals surface area contributed by atoms with Crippen LogP contribution in [0, 0.1) is 16.0 Å². The monoisotopic (exact) mass is 966 g/mol. The van der Waals surface area contributed by atoms with Gasteiger partial charge in [-0.25, -0.2) is 19.1 Å². The number of anilines is 1. The third kappa shape index (κ3) is 19.8. The topological polar surface area (TPSA) is 343 Å². The molecule has 26 heteroatoms. The van der Waals surface area contributed by atoms with Crippen molar-refractivity contribution in [3.05, 3.63) is 88.3 Å². The number of aryl methyl sites for hydroxylation is 1. The Morgan fingerprint density at radius 3 is 2.13 bits per heavy atom. The van der Waals surface area contributed by atoms with Crippen LogP contribution in [-0.4, -0.2) is 138 Å². The summed E-state index contributed by atoms with van der Waals surface area (Å²) in [6.07, 6.45) is 2.73. The zero-order valence-electron chi connectivity index (χ0n) is 37.8. The summed E-state index contributed by atoms with van der Waals surface area (Å²) in [5, 5.41) is 29.2. The number of ether oxygens (including phenoxy) is 6. The van der Waals surface area contributed by atoms with Gasteiger partial charge in [-0.1, -0.05) is 31.2 Å². The number of benzene rings is 2. The first kappa shape index (κ1) is 53.6. The predicted octanol–water partition coefficient (Wildman–Crippen LogP) is 1.66. The lowest BCUT2D eigenvalue weighted by molar-refractivity contribution is -0.384. The van der Waals surface area contributed by atoms with E-state index < -0.39 is 70.8 Å². The molecule has 0 saturated carbocycles. The van der Waals surface area contributed by atoms with Crippen molar-refractivity contribution in [2.24, 2.45) is 11.7 Å². The first-order valence-electron chi connectivity index (χ1n) is 21.6. The van der Waals surface area contributed by atoms with Crippen LogP contribution in [-0.2, 0) is 67.2 Å². The third-order valence-electron chi connectivity index (χ3n) is 9.60. The molecular weight excluding hydrogens is 913 g/mol. The number of nitro groups is 1.